The summed E-state index contributed by atoms with van der Waals surface area (Å²) in [6.45, 7) is 2.26. The van der Waals surface area contributed by atoms with Crippen LogP contribution in [-0.2, 0) is 11.2 Å². The third-order valence-corrected chi connectivity index (χ3v) is 3.52. The summed E-state index contributed by atoms with van der Waals surface area (Å²) in [6.07, 6.45) is 0.600. The lowest BCUT2D eigenvalue weighted by atomic mass is 10.1. The second-order valence-electron chi connectivity index (χ2n) is 5.32. The number of hydrogen-bond acceptors (Lipinski definition) is 4. The first kappa shape index (κ1) is 17.3. The van der Waals surface area contributed by atoms with Gasteiger partial charge >= 0.3 is 12.0 Å². The van der Waals surface area contributed by atoms with E-state index < -0.39 is 5.97 Å². The SMILES string of the molecule is COC(=O)c1ccc(C)c(NC(=O)NCCc2cccc(O)c2)c1. The Morgan fingerprint density at radius 3 is 2.67 bits per heavy atom. The van der Waals surface area contributed by atoms with Crippen molar-refractivity contribution >= 4 is 17.7 Å². The van der Waals surface area contributed by atoms with E-state index in [1.54, 1.807) is 36.4 Å². The molecule has 0 aliphatic heterocycles. The van der Waals surface area contributed by atoms with Gasteiger partial charge in [0.05, 0.1) is 12.7 Å². The topological polar surface area (TPSA) is 87.7 Å². The Morgan fingerprint density at radius 1 is 1.17 bits per heavy atom. The number of urea groups is 1. The zero-order valence-electron chi connectivity index (χ0n) is 13.6. The fourth-order valence-corrected chi connectivity index (χ4v) is 2.20. The summed E-state index contributed by atoms with van der Waals surface area (Å²) in [5.74, 6) is -0.255. The molecule has 0 bridgehead atoms. The first-order valence-electron chi connectivity index (χ1n) is 7.51. The number of methoxy groups -OCH3 is 1. The number of carbonyl (C=O) groups is 2. The molecule has 0 aliphatic rings. The number of phenols is 1. The number of phenolic OH excluding ortho intramolecular Hbond substituents is 1. The number of ether oxygens (including phenoxy) is 1. The maximum atomic E-state index is 12.0. The lowest BCUT2D eigenvalue weighted by Crippen LogP contribution is -2.30. The number of nitrogens with one attached hydrogen (secondary N) is 2. The number of hydrogen-bond donors (Lipinski definition) is 3. The lowest BCUT2D eigenvalue weighted by Gasteiger charge is -2.11. The van der Waals surface area contributed by atoms with Crippen LogP contribution < -0.4 is 10.6 Å². The Morgan fingerprint density at radius 2 is 1.96 bits per heavy atom. The smallest absolute Gasteiger partial charge is 0.337 e. The summed E-state index contributed by atoms with van der Waals surface area (Å²) >= 11 is 0. The second kappa shape index (κ2) is 8.01. The molecule has 0 saturated heterocycles. The van der Waals surface area contributed by atoms with Gasteiger partial charge in [-0.3, -0.25) is 0 Å². The van der Waals surface area contributed by atoms with Crippen molar-refractivity contribution in [3.63, 3.8) is 0 Å². The molecule has 0 heterocycles. The zero-order valence-corrected chi connectivity index (χ0v) is 13.6. The largest absolute Gasteiger partial charge is 0.508 e. The van der Waals surface area contributed by atoms with Crippen LogP contribution in [0.1, 0.15) is 21.5 Å². The van der Waals surface area contributed by atoms with Gasteiger partial charge in [-0.25, -0.2) is 9.59 Å². The van der Waals surface area contributed by atoms with Crippen molar-refractivity contribution in [3.05, 3.63) is 59.2 Å². The van der Waals surface area contributed by atoms with Crippen LogP contribution in [0.25, 0.3) is 0 Å². The van der Waals surface area contributed by atoms with E-state index in [0.717, 1.165) is 11.1 Å². The van der Waals surface area contributed by atoms with E-state index in [0.29, 0.717) is 24.2 Å². The van der Waals surface area contributed by atoms with Crippen molar-refractivity contribution in [2.45, 2.75) is 13.3 Å². The average Bonchev–Trinajstić information content (AvgIpc) is 2.56. The van der Waals surface area contributed by atoms with Gasteiger partial charge in [0, 0.05) is 12.2 Å². The van der Waals surface area contributed by atoms with Crippen molar-refractivity contribution in [3.8, 4) is 5.75 Å². The number of benzene rings is 2. The molecule has 0 aliphatic carbocycles. The van der Waals surface area contributed by atoms with Crippen LogP contribution in [0.2, 0.25) is 0 Å². The molecular formula is C18H20N2O4. The predicted octanol–water partition coefficient (Wildman–Crippen LogP) is 2.85. The number of aryl methyl sites for hydroxylation is 1. The fourth-order valence-electron chi connectivity index (χ4n) is 2.20. The van der Waals surface area contributed by atoms with E-state index in [4.69, 9.17) is 0 Å². The Balaban J connectivity index is 1.91. The molecule has 0 unspecified atom stereocenters. The minimum atomic E-state index is -0.456. The van der Waals surface area contributed by atoms with Crippen molar-refractivity contribution in [2.75, 3.05) is 19.0 Å². The molecule has 0 radical (unpaired) electrons. The summed E-state index contributed by atoms with van der Waals surface area (Å²) in [5.41, 5.74) is 2.69. The average molecular weight is 328 g/mol. The monoisotopic (exact) mass is 328 g/mol. The lowest BCUT2D eigenvalue weighted by molar-refractivity contribution is 0.0600. The van der Waals surface area contributed by atoms with Crippen molar-refractivity contribution < 1.29 is 19.4 Å². The van der Waals surface area contributed by atoms with E-state index in [1.807, 2.05) is 13.0 Å². The fraction of sp³-hybridized carbons (Fsp3) is 0.222. The highest BCUT2D eigenvalue weighted by molar-refractivity contribution is 5.94. The van der Waals surface area contributed by atoms with E-state index in [1.165, 1.54) is 7.11 Å². The molecule has 2 amide bonds. The summed E-state index contributed by atoms with van der Waals surface area (Å²) in [6, 6.07) is 11.5. The van der Waals surface area contributed by atoms with Crippen LogP contribution in [0.5, 0.6) is 5.75 Å². The second-order valence-corrected chi connectivity index (χ2v) is 5.32. The minimum Gasteiger partial charge on any atom is -0.508 e. The summed E-state index contributed by atoms with van der Waals surface area (Å²) in [7, 11) is 1.31. The van der Waals surface area contributed by atoms with Crippen molar-refractivity contribution in [1.29, 1.82) is 0 Å². The molecule has 2 aromatic rings. The highest BCUT2D eigenvalue weighted by Crippen LogP contribution is 2.17. The Bertz CT molecular complexity index is 744. The molecule has 0 aromatic heterocycles. The third-order valence-electron chi connectivity index (χ3n) is 3.52. The Labute approximate surface area is 140 Å². The van der Waals surface area contributed by atoms with Gasteiger partial charge in [0.2, 0.25) is 0 Å². The number of esters is 1. The highest BCUT2D eigenvalue weighted by Gasteiger charge is 2.10. The quantitative estimate of drug-likeness (QED) is 0.737. The van der Waals surface area contributed by atoms with E-state index in [9.17, 15) is 14.7 Å². The zero-order chi connectivity index (χ0) is 17.5. The van der Waals surface area contributed by atoms with Gasteiger partial charge in [-0.2, -0.15) is 0 Å². The molecule has 126 valence electrons. The van der Waals surface area contributed by atoms with Crippen LogP contribution in [0.3, 0.4) is 0 Å². The summed E-state index contributed by atoms with van der Waals surface area (Å²) < 4.78 is 4.67. The first-order valence-corrected chi connectivity index (χ1v) is 7.51. The first-order chi connectivity index (χ1) is 11.5. The number of aromatic hydroxyl groups is 1. The third kappa shape index (κ3) is 4.74. The normalized spacial score (nSPS) is 10.1. The molecule has 6 nitrogen and oxygen atoms in total. The van der Waals surface area contributed by atoms with Gasteiger partial charge in [0.25, 0.3) is 0 Å². The summed E-state index contributed by atoms with van der Waals surface area (Å²) in [5, 5.41) is 14.9. The van der Waals surface area contributed by atoms with Gasteiger partial charge in [-0.1, -0.05) is 18.2 Å². The van der Waals surface area contributed by atoms with Gasteiger partial charge < -0.3 is 20.5 Å². The van der Waals surface area contributed by atoms with E-state index >= 15 is 0 Å². The molecule has 24 heavy (non-hydrogen) atoms. The highest BCUT2D eigenvalue weighted by atomic mass is 16.5. The number of carbonyl (C=O) groups excluding carboxylic acids is 2. The molecule has 0 saturated carbocycles. The molecule has 2 rings (SSSR count). The molecule has 6 heteroatoms. The van der Waals surface area contributed by atoms with E-state index in [-0.39, 0.29) is 11.8 Å². The van der Waals surface area contributed by atoms with Gasteiger partial charge in [-0.15, -0.1) is 0 Å². The van der Waals surface area contributed by atoms with Crippen LogP contribution in [0, 0.1) is 6.92 Å². The van der Waals surface area contributed by atoms with Crippen LogP contribution in [0.15, 0.2) is 42.5 Å². The Hall–Kier alpha value is -3.02. The molecule has 0 spiro atoms. The van der Waals surface area contributed by atoms with Gasteiger partial charge in [0.15, 0.2) is 0 Å². The Kier molecular flexibility index (Phi) is 5.78. The molecule has 3 N–H and O–H groups in total. The van der Waals surface area contributed by atoms with Crippen LogP contribution in [-0.4, -0.2) is 30.8 Å². The summed E-state index contributed by atoms with van der Waals surface area (Å²) in [4.78, 5) is 23.5. The van der Waals surface area contributed by atoms with Gasteiger partial charge in [0.1, 0.15) is 5.75 Å². The maximum absolute atomic E-state index is 12.0. The molecule has 0 atom stereocenters. The molecular weight excluding hydrogens is 308 g/mol. The van der Waals surface area contributed by atoms with E-state index in [2.05, 4.69) is 15.4 Å². The predicted molar refractivity (Wildman–Crippen MR) is 91.4 cm³/mol. The maximum Gasteiger partial charge on any atom is 0.337 e. The van der Waals surface area contributed by atoms with Crippen LogP contribution in [0.4, 0.5) is 10.5 Å². The molecule has 0 fully saturated rings. The number of anilines is 1. The van der Waals surface area contributed by atoms with Crippen LogP contribution >= 0.6 is 0 Å². The molecule has 2 aromatic carbocycles. The van der Waals surface area contributed by atoms with Crippen molar-refractivity contribution in [1.82, 2.24) is 5.32 Å². The standard InChI is InChI=1S/C18H20N2O4/c1-12-6-7-14(17(22)24-2)11-16(12)20-18(23)19-9-8-13-4-3-5-15(21)10-13/h3-7,10-11,21H,8-9H2,1-2H3,(H2,19,20,23). The minimum absolute atomic E-state index is 0.201. The number of rotatable bonds is 5. The van der Waals surface area contributed by atoms with Gasteiger partial charge in [-0.05, 0) is 48.7 Å². The van der Waals surface area contributed by atoms with Crippen molar-refractivity contribution in [2.24, 2.45) is 0 Å². The number of amides is 2.